The number of nitrogens with zero attached hydrogens (tertiary/aromatic N) is 4. The van der Waals surface area contributed by atoms with Gasteiger partial charge in [0, 0.05) is 12.1 Å². The second kappa shape index (κ2) is 11.4. The molecule has 0 atom stereocenters. The van der Waals surface area contributed by atoms with E-state index in [1.165, 1.54) is 17.3 Å². The number of carbonyl (C=O) groups excluding carboxylic acids is 1. The summed E-state index contributed by atoms with van der Waals surface area (Å²) >= 11 is 1.35. The maximum atomic E-state index is 12.4. The fourth-order valence-corrected chi connectivity index (χ4v) is 4.54. The molecule has 0 bridgehead atoms. The molecule has 4 aromatic rings. The molecular formula is C29H31N5OS. The minimum Gasteiger partial charge on any atom is -0.302 e. The lowest BCUT2D eigenvalue weighted by Gasteiger charge is -2.19. The molecule has 0 aliphatic rings. The van der Waals surface area contributed by atoms with Crippen LogP contribution in [0.3, 0.4) is 0 Å². The summed E-state index contributed by atoms with van der Waals surface area (Å²) in [6.45, 7) is 9.35. The van der Waals surface area contributed by atoms with E-state index in [0.29, 0.717) is 11.7 Å². The third-order valence-corrected chi connectivity index (χ3v) is 6.76. The lowest BCUT2D eigenvalue weighted by Crippen LogP contribution is -2.20. The zero-order valence-electron chi connectivity index (χ0n) is 21.1. The minimum absolute atomic E-state index is 0.0967. The van der Waals surface area contributed by atoms with Crippen molar-refractivity contribution in [3.05, 3.63) is 90.0 Å². The largest absolute Gasteiger partial charge is 0.302 e. The number of hydrazone groups is 1. The van der Waals surface area contributed by atoms with Gasteiger partial charge in [-0.05, 0) is 34.6 Å². The molecule has 0 unspecified atom stereocenters. The SMILES string of the molecule is CCn1c(SCC(=O)NN=Cc2ccc(-c3ccccc3)cc2)nnc1-c1ccc(C(C)(C)C)cc1. The molecule has 7 heteroatoms. The van der Waals surface area contributed by atoms with Crippen LogP contribution in [0.5, 0.6) is 0 Å². The zero-order valence-corrected chi connectivity index (χ0v) is 21.9. The van der Waals surface area contributed by atoms with Crippen molar-refractivity contribution in [2.24, 2.45) is 5.10 Å². The van der Waals surface area contributed by atoms with Gasteiger partial charge in [-0.2, -0.15) is 5.10 Å². The minimum atomic E-state index is -0.195. The molecule has 0 aliphatic heterocycles. The molecule has 4 rings (SSSR count). The Morgan fingerprint density at radius 2 is 1.56 bits per heavy atom. The first-order valence-corrected chi connectivity index (χ1v) is 13.0. The van der Waals surface area contributed by atoms with Crippen molar-refractivity contribution in [2.75, 3.05) is 5.75 Å². The number of amides is 1. The van der Waals surface area contributed by atoms with Crippen LogP contribution in [0.25, 0.3) is 22.5 Å². The average molecular weight is 498 g/mol. The van der Waals surface area contributed by atoms with E-state index < -0.39 is 0 Å². The summed E-state index contributed by atoms with van der Waals surface area (Å²) in [5, 5.41) is 13.5. The van der Waals surface area contributed by atoms with Gasteiger partial charge < -0.3 is 4.57 Å². The van der Waals surface area contributed by atoms with Crippen LogP contribution < -0.4 is 5.43 Å². The van der Waals surface area contributed by atoms with Gasteiger partial charge in [-0.15, -0.1) is 10.2 Å². The van der Waals surface area contributed by atoms with E-state index >= 15 is 0 Å². The first-order chi connectivity index (χ1) is 17.3. The van der Waals surface area contributed by atoms with Gasteiger partial charge in [-0.3, -0.25) is 4.79 Å². The number of thioether (sulfide) groups is 1. The fraction of sp³-hybridized carbons (Fsp3) is 0.241. The maximum absolute atomic E-state index is 12.4. The van der Waals surface area contributed by atoms with Crippen LogP contribution >= 0.6 is 11.8 Å². The normalized spacial score (nSPS) is 11.7. The van der Waals surface area contributed by atoms with E-state index in [9.17, 15) is 4.79 Å². The van der Waals surface area contributed by atoms with Crippen LogP contribution in [0.4, 0.5) is 0 Å². The van der Waals surface area contributed by atoms with Gasteiger partial charge in [0.1, 0.15) is 0 Å². The summed E-state index contributed by atoms with van der Waals surface area (Å²) in [7, 11) is 0. The highest BCUT2D eigenvalue weighted by molar-refractivity contribution is 7.99. The van der Waals surface area contributed by atoms with Gasteiger partial charge in [0.15, 0.2) is 11.0 Å². The van der Waals surface area contributed by atoms with Gasteiger partial charge in [0.2, 0.25) is 0 Å². The van der Waals surface area contributed by atoms with Gasteiger partial charge in [-0.1, -0.05) is 111 Å². The van der Waals surface area contributed by atoms with Crippen LogP contribution in [0.1, 0.15) is 38.8 Å². The van der Waals surface area contributed by atoms with Crippen LogP contribution in [0.15, 0.2) is 89.1 Å². The predicted molar refractivity (Wildman–Crippen MR) is 148 cm³/mol. The molecule has 36 heavy (non-hydrogen) atoms. The molecule has 6 nitrogen and oxygen atoms in total. The number of nitrogens with one attached hydrogen (secondary N) is 1. The molecule has 3 aromatic carbocycles. The Morgan fingerprint density at radius 1 is 0.917 bits per heavy atom. The van der Waals surface area contributed by atoms with E-state index in [4.69, 9.17) is 0 Å². The number of rotatable bonds is 8. The fourth-order valence-electron chi connectivity index (χ4n) is 3.75. The Kier molecular flexibility index (Phi) is 8.00. The Hall–Kier alpha value is -3.71. The molecule has 0 spiro atoms. The predicted octanol–water partition coefficient (Wildman–Crippen LogP) is 6.17. The summed E-state index contributed by atoms with van der Waals surface area (Å²) in [5.74, 6) is 0.808. The monoisotopic (exact) mass is 497 g/mol. The van der Waals surface area contributed by atoms with Gasteiger partial charge in [-0.25, -0.2) is 5.43 Å². The van der Waals surface area contributed by atoms with Crippen molar-refractivity contribution in [1.82, 2.24) is 20.2 Å². The van der Waals surface area contributed by atoms with Crippen LogP contribution in [0, 0.1) is 0 Å². The number of carbonyl (C=O) groups is 1. The van der Waals surface area contributed by atoms with Crippen molar-refractivity contribution in [3.63, 3.8) is 0 Å². The number of hydrogen-bond donors (Lipinski definition) is 1. The molecule has 0 fully saturated rings. The highest BCUT2D eigenvalue weighted by atomic mass is 32.2. The molecule has 0 saturated heterocycles. The van der Waals surface area contributed by atoms with Crippen molar-refractivity contribution >= 4 is 23.9 Å². The van der Waals surface area contributed by atoms with Crippen molar-refractivity contribution in [1.29, 1.82) is 0 Å². The Balaban J connectivity index is 1.33. The number of hydrogen-bond acceptors (Lipinski definition) is 5. The highest BCUT2D eigenvalue weighted by Crippen LogP contribution is 2.27. The molecule has 1 N–H and O–H groups in total. The Morgan fingerprint density at radius 3 is 2.19 bits per heavy atom. The van der Waals surface area contributed by atoms with Crippen molar-refractivity contribution < 1.29 is 4.79 Å². The van der Waals surface area contributed by atoms with Crippen LogP contribution in [-0.4, -0.2) is 32.6 Å². The topological polar surface area (TPSA) is 72.2 Å². The van der Waals surface area contributed by atoms with E-state index in [1.807, 2.05) is 54.0 Å². The standard InChI is InChI=1S/C29H31N5OS/c1-5-34-27(24-15-17-25(18-16-24)29(2,3)4)32-33-28(34)36-20-26(35)31-30-19-21-11-13-23(14-12-21)22-9-7-6-8-10-22/h6-19H,5,20H2,1-4H3,(H,31,35). The maximum Gasteiger partial charge on any atom is 0.250 e. The molecule has 1 heterocycles. The third-order valence-electron chi connectivity index (χ3n) is 5.80. The number of aromatic nitrogens is 3. The average Bonchev–Trinajstić information content (AvgIpc) is 3.31. The first kappa shape index (κ1) is 25.4. The highest BCUT2D eigenvalue weighted by Gasteiger charge is 2.17. The molecule has 0 aliphatic carbocycles. The molecule has 184 valence electrons. The third kappa shape index (κ3) is 6.29. The second-order valence-electron chi connectivity index (χ2n) is 9.45. The Labute approximate surface area is 216 Å². The number of benzene rings is 3. The van der Waals surface area contributed by atoms with E-state index in [2.05, 4.69) is 77.9 Å². The lowest BCUT2D eigenvalue weighted by molar-refractivity contribution is -0.118. The lowest BCUT2D eigenvalue weighted by atomic mass is 9.87. The van der Waals surface area contributed by atoms with E-state index in [0.717, 1.165) is 28.1 Å². The van der Waals surface area contributed by atoms with Gasteiger partial charge in [0.25, 0.3) is 5.91 Å². The first-order valence-electron chi connectivity index (χ1n) is 12.0. The molecular weight excluding hydrogens is 466 g/mol. The van der Waals surface area contributed by atoms with Crippen molar-refractivity contribution in [3.8, 4) is 22.5 Å². The zero-order chi connectivity index (χ0) is 25.5. The smallest absolute Gasteiger partial charge is 0.250 e. The Bertz CT molecular complexity index is 1320. The molecule has 0 radical (unpaired) electrons. The summed E-state index contributed by atoms with van der Waals surface area (Å²) < 4.78 is 2.03. The van der Waals surface area contributed by atoms with Crippen molar-refractivity contribution in [2.45, 2.75) is 44.8 Å². The van der Waals surface area contributed by atoms with Gasteiger partial charge in [0.05, 0.1) is 12.0 Å². The summed E-state index contributed by atoms with van der Waals surface area (Å²) in [5.41, 5.74) is 8.19. The quantitative estimate of drug-likeness (QED) is 0.179. The van der Waals surface area contributed by atoms with E-state index in [1.54, 1.807) is 6.21 Å². The molecule has 1 amide bonds. The molecule has 1 aromatic heterocycles. The second-order valence-corrected chi connectivity index (χ2v) is 10.4. The van der Waals surface area contributed by atoms with E-state index in [-0.39, 0.29) is 17.1 Å². The summed E-state index contributed by atoms with van der Waals surface area (Å²) in [6.07, 6.45) is 1.64. The van der Waals surface area contributed by atoms with Crippen LogP contribution in [-0.2, 0) is 16.8 Å². The van der Waals surface area contributed by atoms with Crippen LogP contribution in [0.2, 0.25) is 0 Å². The van der Waals surface area contributed by atoms with Gasteiger partial charge >= 0.3 is 0 Å². The summed E-state index contributed by atoms with van der Waals surface area (Å²) in [6, 6.07) is 26.7. The molecule has 0 saturated carbocycles. The summed E-state index contributed by atoms with van der Waals surface area (Å²) in [4.78, 5) is 12.4.